The number of anilines is 1. The van der Waals surface area contributed by atoms with Crippen molar-refractivity contribution in [2.24, 2.45) is 0 Å². The molecule has 0 aliphatic carbocycles. The smallest absolute Gasteiger partial charge is 0.266 e. The van der Waals surface area contributed by atoms with Gasteiger partial charge in [0.05, 0.1) is 5.02 Å². The van der Waals surface area contributed by atoms with Crippen molar-refractivity contribution in [3.8, 4) is 11.8 Å². The fourth-order valence-corrected chi connectivity index (χ4v) is 2.27. The number of hydrogen-bond donors (Lipinski definition) is 2. The number of nitrogens with zero attached hydrogens (tertiary/aromatic N) is 2. The highest BCUT2D eigenvalue weighted by Gasteiger charge is 2.12. The van der Waals surface area contributed by atoms with Crippen molar-refractivity contribution in [1.29, 1.82) is 5.26 Å². The van der Waals surface area contributed by atoms with Crippen molar-refractivity contribution in [3.05, 3.63) is 64.2 Å². The predicted octanol–water partition coefficient (Wildman–Crippen LogP) is 3.29. The summed E-state index contributed by atoms with van der Waals surface area (Å²) in [6, 6.07) is 12.5. The molecule has 6 nitrogen and oxygen atoms in total. The molecule has 7 heteroatoms. The van der Waals surface area contributed by atoms with Crippen molar-refractivity contribution in [2.45, 2.75) is 0 Å². The normalized spacial score (nSPS) is 10.8. The summed E-state index contributed by atoms with van der Waals surface area (Å²) in [7, 11) is 3.30. The van der Waals surface area contributed by atoms with Gasteiger partial charge >= 0.3 is 0 Å². The molecule has 0 radical (unpaired) electrons. The molecule has 0 spiro atoms. The Hall–Kier alpha value is -3.30. The SMILES string of the molecule is CN(C)C(=O)c1ccc(NC(=O)C(C#N)=Cc2ccc(O)c(Cl)c2)cc1. The number of nitriles is 1. The molecular formula is C19H16ClN3O3. The Morgan fingerprint density at radius 3 is 2.38 bits per heavy atom. The second kappa shape index (κ2) is 8.19. The molecule has 2 N–H and O–H groups in total. The Morgan fingerprint density at radius 1 is 1.19 bits per heavy atom. The van der Waals surface area contributed by atoms with Crippen molar-refractivity contribution >= 4 is 35.2 Å². The highest BCUT2D eigenvalue weighted by atomic mass is 35.5. The van der Waals surface area contributed by atoms with E-state index in [1.54, 1.807) is 38.4 Å². The molecule has 0 heterocycles. The minimum Gasteiger partial charge on any atom is -0.506 e. The largest absolute Gasteiger partial charge is 0.506 e. The molecule has 0 bridgehead atoms. The Balaban J connectivity index is 2.16. The summed E-state index contributed by atoms with van der Waals surface area (Å²) in [6.45, 7) is 0. The Bertz CT molecular complexity index is 913. The quantitative estimate of drug-likeness (QED) is 0.638. The minimum absolute atomic E-state index is 0.0841. The van der Waals surface area contributed by atoms with Gasteiger partial charge in [0.25, 0.3) is 11.8 Å². The van der Waals surface area contributed by atoms with Crippen LogP contribution in [0.25, 0.3) is 6.08 Å². The topological polar surface area (TPSA) is 93.4 Å². The number of halogens is 1. The number of aromatic hydroxyl groups is 1. The summed E-state index contributed by atoms with van der Waals surface area (Å²) in [5.74, 6) is -0.827. The van der Waals surface area contributed by atoms with Crippen LogP contribution in [0.3, 0.4) is 0 Å². The average Bonchev–Trinajstić information content (AvgIpc) is 2.62. The molecule has 0 atom stereocenters. The van der Waals surface area contributed by atoms with Crippen LogP contribution in [0.1, 0.15) is 15.9 Å². The highest BCUT2D eigenvalue weighted by Crippen LogP contribution is 2.24. The van der Waals surface area contributed by atoms with Crippen LogP contribution in [0, 0.1) is 11.3 Å². The Kier molecular flexibility index (Phi) is 5.99. The zero-order chi connectivity index (χ0) is 19.3. The van der Waals surface area contributed by atoms with Gasteiger partial charge in [-0.15, -0.1) is 0 Å². The van der Waals surface area contributed by atoms with Gasteiger partial charge in [0.2, 0.25) is 0 Å². The van der Waals surface area contributed by atoms with Crippen LogP contribution in [0.5, 0.6) is 5.75 Å². The molecule has 0 aliphatic heterocycles. The second-order valence-corrected chi connectivity index (χ2v) is 6.02. The number of amides is 2. The molecule has 132 valence electrons. The second-order valence-electron chi connectivity index (χ2n) is 5.61. The zero-order valence-electron chi connectivity index (χ0n) is 14.2. The van der Waals surface area contributed by atoms with Gasteiger partial charge in [0.15, 0.2) is 0 Å². The summed E-state index contributed by atoms with van der Waals surface area (Å²) in [6.07, 6.45) is 1.37. The zero-order valence-corrected chi connectivity index (χ0v) is 14.9. The first kappa shape index (κ1) is 19.0. The third-order valence-electron chi connectivity index (χ3n) is 3.44. The Labute approximate surface area is 155 Å². The van der Waals surface area contributed by atoms with E-state index in [0.717, 1.165) is 0 Å². The number of rotatable bonds is 4. The van der Waals surface area contributed by atoms with E-state index in [0.29, 0.717) is 16.8 Å². The van der Waals surface area contributed by atoms with Crippen molar-refractivity contribution in [3.63, 3.8) is 0 Å². The molecule has 0 saturated carbocycles. The fourth-order valence-electron chi connectivity index (χ4n) is 2.08. The highest BCUT2D eigenvalue weighted by molar-refractivity contribution is 6.32. The van der Waals surface area contributed by atoms with E-state index >= 15 is 0 Å². The predicted molar refractivity (Wildman–Crippen MR) is 99.8 cm³/mol. The van der Waals surface area contributed by atoms with E-state index in [9.17, 15) is 20.0 Å². The molecule has 0 aliphatic rings. The first-order chi connectivity index (χ1) is 12.3. The fraction of sp³-hybridized carbons (Fsp3) is 0.105. The van der Waals surface area contributed by atoms with Crippen LogP contribution >= 0.6 is 11.6 Å². The van der Waals surface area contributed by atoms with Crippen LogP contribution in [-0.2, 0) is 4.79 Å². The summed E-state index contributed by atoms with van der Waals surface area (Å²) in [4.78, 5) is 25.6. The van der Waals surface area contributed by atoms with E-state index < -0.39 is 5.91 Å². The number of hydrogen-bond acceptors (Lipinski definition) is 4. The molecule has 26 heavy (non-hydrogen) atoms. The van der Waals surface area contributed by atoms with E-state index in [2.05, 4.69) is 5.32 Å². The van der Waals surface area contributed by atoms with E-state index in [1.807, 2.05) is 6.07 Å². The summed E-state index contributed by atoms with van der Waals surface area (Å²) < 4.78 is 0. The maximum absolute atomic E-state index is 12.3. The third kappa shape index (κ3) is 4.62. The number of carbonyl (C=O) groups excluding carboxylic acids is 2. The minimum atomic E-state index is -0.594. The summed E-state index contributed by atoms with van der Waals surface area (Å²) in [5, 5.41) is 21.4. The lowest BCUT2D eigenvalue weighted by molar-refractivity contribution is -0.112. The van der Waals surface area contributed by atoms with Crippen molar-refractivity contribution < 1.29 is 14.7 Å². The van der Waals surface area contributed by atoms with Gasteiger partial charge in [-0.1, -0.05) is 17.7 Å². The van der Waals surface area contributed by atoms with E-state index in [4.69, 9.17) is 11.6 Å². The summed E-state index contributed by atoms with van der Waals surface area (Å²) >= 11 is 5.82. The van der Waals surface area contributed by atoms with Gasteiger partial charge < -0.3 is 15.3 Å². The molecule has 2 rings (SSSR count). The van der Waals surface area contributed by atoms with Crippen molar-refractivity contribution in [2.75, 3.05) is 19.4 Å². The third-order valence-corrected chi connectivity index (χ3v) is 3.75. The first-order valence-corrected chi connectivity index (χ1v) is 7.93. The van der Waals surface area contributed by atoms with Crippen LogP contribution in [0.4, 0.5) is 5.69 Å². The molecular weight excluding hydrogens is 354 g/mol. The molecule has 2 amide bonds. The number of phenolic OH excluding ortho intramolecular Hbond substituents is 1. The van der Waals surface area contributed by atoms with E-state index in [-0.39, 0.29) is 22.3 Å². The molecule has 0 fully saturated rings. The van der Waals surface area contributed by atoms with E-state index in [1.165, 1.54) is 29.2 Å². The standard InChI is InChI=1S/C19H16ClN3O3/c1-23(2)19(26)13-4-6-15(7-5-13)22-18(25)14(11-21)9-12-3-8-17(24)16(20)10-12/h3-10,24H,1-2H3,(H,22,25). The molecule has 0 unspecified atom stereocenters. The Morgan fingerprint density at radius 2 is 1.85 bits per heavy atom. The van der Waals surface area contributed by atoms with Crippen LogP contribution in [-0.4, -0.2) is 35.9 Å². The van der Waals surface area contributed by atoms with Gasteiger partial charge in [-0.05, 0) is 48.0 Å². The van der Waals surface area contributed by atoms with Gasteiger partial charge in [-0.25, -0.2) is 0 Å². The lowest BCUT2D eigenvalue weighted by Gasteiger charge is -2.11. The van der Waals surface area contributed by atoms with Gasteiger partial charge in [-0.2, -0.15) is 5.26 Å². The molecule has 0 aromatic heterocycles. The average molecular weight is 370 g/mol. The van der Waals surface area contributed by atoms with Crippen LogP contribution in [0.15, 0.2) is 48.0 Å². The number of nitrogens with one attached hydrogen (secondary N) is 1. The number of benzene rings is 2. The molecule has 0 saturated heterocycles. The molecule has 2 aromatic rings. The maximum Gasteiger partial charge on any atom is 0.266 e. The van der Waals surface area contributed by atoms with Crippen LogP contribution in [0.2, 0.25) is 5.02 Å². The monoisotopic (exact) mass is 369 g/mol. The lowest BCUT2D eigenvalue weighted by Crippen LogP contribution is -2.21. The van der Waals surface area contributed by atoms with Crippen LogP contribution < -0.4 is 5.32 Å². The van der Waals surface area contributed by atoms with Crippen molar-refractivity contribution in [1.82, 2.24) is 4.90 Å². The summed E-state index contributed by atoms with van der Waals surface area (Å²) in [5.41, 5.74) is 1.32. The van der Waals surface area contributed by atoms with Gasteiger partial charge in [0.1, 0.15) is 17.4 Å². The number of carbonyl (C=O) groups is 2. The van der Waals surface area contributed by atoms with Gasteiger partial charge in [-0.3, -0.25) is 9.59 Å². The number of phenols is 1. The van der Waals surface area contributed by atoms with Gasteiger partial charge in [0, 0.05) is 25.3 Å². The molecule has 2 aromatic carbocycles. The maximum atomic E-state index is 12.3. The lowest BCUT2D eigenvalue weighted by atomic mass is 10.1. The first-order valence-electron chi connectivity index (χ1n) is 7.55.